The second kappa shape index (κ2) is 5.93. The van der Waals surface area contributed by atoms with Gasteiger partial charge in [-0.2, -0.15) is 0 Å². The van der Waals surface area contributed by atoms with E-state index >= 15 is 0 Å². The molecule has 0 radical (unpaired) electrons. The zero-order valence-electron chi connectivity index (χ0n) is 12.3. The standard InChI is InChI=1S/C14H23N3O3/c1-10(2)8-17-6-5-15-12(13(17)18)16-9-14(19)4-7-20-11(14)3/h5-6,10-11,19H,4,7-9H2,1-3H3,(H,15,16). The first-order valence-electron chi connectivity index (χ1n) is 7.05. The normalized spacial score (nSPS) is 26.1. The van der Waals surface area contributed by atoms with Crippen molar-refractivity contribution in [2.75, 3.05) is 18.5 Å². The monoisotopic (exact) mass is 281 g/mol. The molecular formula is C14H23N3O3. The number of aliphatic hydroxyl groups is 1. The number of rotatable bonds is 5. The van der Waals surface area contributed by atoms with E-state index in [1.807, 2.05) is 6.92 Å². The van der Waals surface area contributed by atoms with Crippen molar-refractivity contribution in [2.24, 2.45) is 5.92 Å². The lowest BCUT2D eigenvalue weighted by molar-refractivity contribution is -0.0176. The van der Waals surface area contributed by atoms with E-state index in [9.17, 15) is 9.90 Å². The summed E-state index contributed by atoms with van der Waals surface area (Å²) in [6, 6.07) is 0. The molecule has 1 aromatic rings. The molecule has 0 aromatic carbocycles. The second-order valence-electron chi connectivity index (χ2n) is 5.85. The Morgan fingerprint density at radius 2 is 2.40 bits per heavy atom. The molecule has 1 fully saturated rings. The largest absolute Gasteiger partial charge is 0.385 e. The first-order chi connectivity index (χ1) is 9.42. The van der Waals surface area contributed by atoms with Crippen molar-refractivity contribution in [1.29, 1.82) is 0 Å². The van der Waals surface area contributed by atoms with Crippen LogP contribution in [0.4, 0.5) is 5.82 Å². The molecule has 112 valence electrons. The highest BCUT2D eigenvalue weighted by Crippen LogP contribution is 2.25. The van der Waals surface area contributed by atoms with E-state index in [-0.39, 0.29) is 24.0 Å². The minimum absolute atomic E-state index is 0.156. The average molecular weight is 281 g/mol. The maximum atomic E-state index is 12.2. The molecule has 1 aliphatic rings. The van der Waals surface area contributed by atoms with Crippen LogP contribution in [0.2, 0.25) is 0 Å². The van der Waals surface area contributed by atoms with E-state index in [2.05, 4.69) is 24.1 Å². The minimum Gasteiger partial charge on any atom is -0.385 e. The average Bonchev–Trinajstić information content (AvgIpc) is 2.71. The SMILES string of the molecule is CC(C)Cn1ccnc(NCC2(O)CCOC2C)c1=O. The molecule has 2 N–H and O–H groups in total. The third-order valence-corrected chi connectivity index (χ3v) is 3.70. The fourth-order valence-corrected chi connectivity index (χ4v) is 2.35. The van der Waals surface area contributed by atoms with Gasteiger partial charge in [-0.25, -0.2) is 4.98 Å². The lowest BCUT2D eigenvalue weighted by Gasteiger charge is -2.26. The van der Waals surface area contributed by atoms with Crippen LogP contribution in [0.1, 0.15) is 27.2 Å². The minimum atomic E-state index is -0.938. The third kappa shape index (κ3) is 3.19. The molecule has 0 aliphatic carbocycles. The van der Waals surface area contributed by atoms with Crippen LogP contribution in [0.25, 0.3) is 0 Å². The lowest BCUT2D eigenvalue weighted by atomic mass is 9.97. The van der Waals surface area contributed by atoms with E-state index in [1.165, 1.54) is 0 Å². The molecular weight excluding hydrogens is 258 g/mol. The fourth-order valence-electron chi connectivity index (χ4n) is 2.35. The van der Waals surface area contributed by atoms with Gasteiger partial charge in [-0.1, -0.05) is 13.8 Å². The molecule has 0 bridgehead atoms. The second-order valence-corrected chi connectivity index (χ2v) is 5.85. The summed E-state index contributed by atoms with van der Waals surface area (Å²) in [4.78, 5) is 16.3. The van der Waals surface area contributed by atoms with E-state index in [0.717, 1.165) is 0 Å². The summed E-state index contributed by atoms with van der Waals surface area (Å²) in [5, 5.41) is 13.4. The number of anilines is 1. The summed E-state index contributed by atoms with van der Waals surface area (Å²) in [5.74, 6) is 0.663. The number of nitrogens with one attached hydrogen (secondary N) is 1. The van der Waals surface area contributed by atoms with Crippen molar-refractivity contribution in [3.63, 3.8) is 0 Å². The van der Waals surface area contributed by atoms with Crippen molar-refractivity contribution in [2.45, 2.75) is 45.4 Å². The van der Waals surface area contributed by atoms with Crippen LogP contribution in [0.3, 0.4) is 0 Å². The molecule has 6 heteroatoms. The molecule has 2 heterocycles. The summed E-state index contributed by atoms with van der Waals surface area (Å²) >= 11 is 0. The predicted octanol–water partition coefficient (Wildman–Crippen LogP) is 0.851. The van der Waals surface area contributed by atoms with Crippen LogP contribution in [0, 0.1) is 5.92 Å². The number of nitrogens with zero attached hydrogens (tertiary/aromatic N) is 2. The highest BCUT2D eigenvalue weighted by molar-refractivity contribution is 5.31. The van der Waals surface area contributed by atoms with Gasteiger partial charge in [0.2, 0.25) is 0 Å². The molecule has 1 saturated heterocycles. The Morgan fingerprint density at radius 1 is 1.65 bits per heavy atom. The van der Waals surface area contributed by atoms with Gasteiger partial charge < -0.3 is 19.7 Å². The summed E-state index contributed by atoms with van der Waals surface area (Å²) in [6.45, 7) is 7.41. The van der Waals surface area contributed by atoms with Crippen molar-refractivity contribution in [1.82, 2.24) is 9.55 Å². The zero-order valence-corrected chi connectivity index (χ0v) is 12.3. The van der Waals surface area contributed by atoms with Gasteiger partial charge in [0.15, 0.2) is 5.82 Å². The van der Waals surface area contributed by atoms with Crippen LogP contribution in [0.5, 0.6) is 0 Å². The summed E-state index contributed by atoms with van der Waals surface area (Å²) in [7, 11) is 0. The first-order valence-corrected chi connectivity index (χ1v) is 7.05. The van der Waals surface area contributed by atoms with Crippen LogP contribution in [-0.2, 0) is 11.3 Å². The third-order valence-electron chi connectivity index (χ3n) is 3.70. The van der Waals surface area contributed by atoms with Crippen molar-refractivity contribution >= 4 is 5.82 Å². The van der Waals surface area contributed by atoms with Gasteiger partial charge in [0.25, 0.3) is 5.56 Å². The predicted molar refractivity (Wildman–Crippen MR) is 76.8 cm³/mol. The molecule has 2 rings (SSSR count). The smallest absolute Gasteiger partial charge is 0.293 e. The Hall–Kier alpha value is -1.40. The van der Waals surface area contributed by atoms with Crippen molar-refractivity contribution in [3.8, 4) is 0 Å². The van der Waals surface area contributed by atoms with Gasteiger partial charge in [-0.3, -0.25) is 4.79 Å². The number of hydrogen-bond acceptors (Lipinski definition) is 5. The number of aromatic nitrogens is 2. The van der Waals surface area contributed by atoms with E-state index in [0.29, 0.717) is 25.5 Å². The van der Waals surface area contributed by atoms with Crippen LogP contribution >= 0.6 is 0 Å². The maximum absolute atomic E-state index is 12.2. The Balaban J connectivity index is 2.08. The Labute approximate surface area is 118 Å². The van der Waals surface area contributed by atoms with Gasteiger partial charge in [-0.15, -0.1) is 0 Å². The summed E-state index contributed by atoms with van der Waals surface area (Å²) in [6.07, 6.45) is 3.61. The Bertz CT molecular complexity index is 515. The lowest BCUT2D eigenvalue weighted by Crippen LogP contribution is -2.44. The molecule has 1 aromatic heterocycles. The number of hydrogen-bond donors (Lipinski definition) is 2. The maximum Gasteiger partial charge on any atom is 0.293 e. The summed E-state index contributed by atoms with van der Waals surface area (Å²) in [5.41, 5.74) is -1.09. The highest BCUT2D eigenvalue weighted by Gasteiger charge is 2.39. The van der Waals surface area contributed by atoms with Gasteiger partial charge in [-0.05, 0) is 12.8 Å². The first kappa shape index (κ1) is 15.0. The topological polar surface area (TPSA) is 76.4 Å². The van der Waals surface area contributed by atoms with Crippen LogP contribution in [0.15, 0.2) is 17.2 Å². The Kier molecular flexibility index (Phi) is 4.45. The number of ether oxygens (including phenoxy) is 1. The van der Waals surface area contributed by atoms with Crippen LogP contribution < -0.4 is 10.9 Å². The van der Waals surface area contributed by atoms with Gasteiger partial charge in [0, 0.05) is 38.5 Å². The molecule has 0 saturated carbocycles. The molecule has 2 unspecified atom stereocenters. The molecule has 2 atom stereocenters. The molecule has 6 nitrogen and oxygen atoms in total. The van der Waals surface area contributed by atoms with E-state index in [1.54, 1.807) is 17.0 Å². The van der Waals surface area contributed by atoms with E-state index in [4.69, 9.17) is 4.74 Å². The molecule has 20 heavy (non-hydrogen) atoms. The zero-order chi connectivity index (χ0) is 14.8. The fraction of sp³-hybridized carbons (Fsp3) is 0.714. The van der Waals surface area contributed by atoms with Crippen molar-refractivity contribution in [3.05, 3.63) is 22.7 Å². The van der Waals surface area contributed by atoms with Gasteiger partial charge >= 0.3 is 0 Å². The molecule has 0 spiro atoms. The molecule has 1 aliphatic heterocycles. The van der Waals surface area contributed by atoms with Gasteiger partial charge in [0.05, 0.1) is 6.10 Å². The van der Waals surface area contributed by atoms with E-state index < -0.39 is 5.60 Å². The van der Waals surface area contributed by atoms with Crippen molar-refractivity contribution < 1.29 is 9.84 Å². The summed E-state index contributed by atoms with van der Waals surface area (Å²) < 4.78 is 7.01. The van der Waals surface area contributed by atoms with Gasteiger partial charge in [0.1, 0.15) is 5.60 Å². The Morgan fingerprint density at radius 3 is 3.00 bits per heavy atom. The quantitative estimate of drug-likeness (QED) is 0.837. The molecule has 0 amide bonds. The van der Waals surface area contributed by atoms with Crippen LogP contribution in [-0.4, -0.2) is 39.5 Å². The highest BCUT2D eigenvalue weighted by atomic mass is 16.5.